The van der Waals surface area contributed by atoms with E-state index in [1.54, 1.807) is 12.4 Å². The van der Waals surface area contributed by atoms with E-state index in [1.807, 2.05) is 31.2 Å². The molecule has 0 aliphatic carbocycles. The van der Waals surface area contributed by atoms with Gasteiger partial charge in [0.15, 0.2) is 0 Å². The van der Waals surface area contributed by atoms with Crippen molar-refractivity contribution in [3.05, 3.63) is 47.9 Å². The van der Waals surface area contributed by atoms with Gasteiger partial charge in [-0.25, -0.2) is 4.98 Å². The first-order chi connectivity index (χ1) is 9.42. The molecule has 4 heteroatoms. The molecule has 1 heterocycles. The summed E-state index contributed by atoms with van der Waals surface area (Å²) >= 11 is 0. The van der Waals surface area contributed by atoms with Crippen LogP contribution in [0.1, 0.15) is 32.0 Å². The largest absolute Gasteiger partial charge is 0.438 e. The molecule has 1 aromatic heterocycles. The van der Waals surface area contributed by atoms with E-state index in [0.29, 0.717) is 12.4 Å². The Morgan fingerprint density at radius 3 is 2.30 bits per heavy atom. The normalized spacial score (nSPS) is 11.4. The fourth-order valence-electron chi connectivity index (χ4n) is 1.57. The van der Waals surface area contributed by atoms with E-state index in [1.165, 1.54) is 5.56 Å². The monoisotopic (exact) mass is 271 g/mol. The number of hydrogen-bond donors (Lipinski definition) is 1. The Kier molecular flexibility index (Phi) is 4.35. The molecule has 1 N–H and O–H groups in total. The first-order valence-corrected chi connectivity index (χ1v) is 6.73. The second kappa shape index (κ2) is 6.01. The number of benzene rings is 1. The number of nitrogens with one attached hydrogen (secondary N) is 1. The van der Waals surface area contributed by atoms with Gasteiger partial charge in [-0.05, 0) is 39.8 Å². The van der Waals surface area contributed by atoms with Crippen LogP contribution in [0.4, 0.5) is 0 Å². The van der Waals surface area contributed by atoms with Crippen LogP contribution in [0.25, 0.3) is 0 Å². The maximum Gasteiger partial charge on any atom is 0.237 e. The van der Waals surface area contributed by atoms with Crippen LogP contribution in [0.15, 0.2) is 36.7 Å². The quantitative estimate of drug-likeness (QED) is 0.925. The number of hydrogen-bond acceptors (Lipinski definition) is 4. The summed E-state index contributed by atoms with van der Waals surface area (Å²) < 4.78 is 5.64. The molecule has 0 saturated heterocycles. The average Bonchev–Trinajstić information content (AvgIpc) is 2.40. The molecule has 106 valence electrons. The molecule has 0 fully saturated rings. The fourth-order valence-corrected chi connectivity index (χ4v) is 1.57. The van der Waals surface area contributed by atoms with E-state index < -0.39 is 0 Å². The maximum atomic E-state index is 5.64. The summed E-state index contributed by atoms with van der Waals surface area (Å²) in [5.74, 6) is 1.28. The second-order valence-electron chi connectivity index (χ2n) is 5.86. The van der Waals surface area contributed by atoms with Crippen LogP contribution in [-0.4, -0.2) is 15.5 Å². The Labute approximate surface area is 120 Å². The molecule has 0 amide bonds. The van der Waals surface area contributed by atoms with Crippen LogP contribution >= 0.6 is 0 Å². The van der Waals surface area contributed by atoms with Gasteiger partial charge in [-0.15, -0.1) is 0 Å². The molecule has 2 aromatic rings. The number of ether oxygens (including phenoxy) is 1. The minimum atomic E-state index is 0.0682. The molecule has 0 aliphatic rings. The van der Waals surface area contributed by atoms with Crippen LogP contribution in [0, 0.1) is 6.92 Å². The van der Waals surface area contributed by atoms with Crippen molar-refractivity contribution in [3.63, 3.8) is 0 Å². The maximum absolute atomic E-state index is 5.64. The summed E-state index contributed by atoms with van der Waals surface area (Å²) in [6.07, 6.45) is 3.39. The minimum Gasteiger partial charge on any atom is -0.438 e. The van der Waals surface area contributed by atoms with Gasteiger partial charge in [-0.3, -0.25) is 4.98 Å². The van der Waals surface area contributed by atoms with Gasteiger partial charge in [0.25, 0.3) is 0 Å². The first kappa shape index (κ1) is 14.5. The van der Waals surface area contributed by atoms with Gasteiger partial charge < -0.3 is 10.1 Å². The molecular formula is C16H21N3O. The molecule has 20 heavy (non-hydrogen) atoms. The minimum absolute atomic E-state index is 0.0682. The Morgan fingerprint density at radius 2 is 1.75 bits per heavy atom. The first-order valence-electron chi connectivity index (χ1n) is 6.73. The molecule has 0 saturated carbocycles. The molecule has 0 aliphatic heterocycles. The lowest BCUT2D eigenvalue weighted by Gasteiger charge is -2.19. The number of aryl methyl sites for hydroxylation is 1. The lowest BCUT2D eigenvalue weighted by molar-refractivity contribution is 0.418. The Hall–Kier alpha value is -1.94. The summed E-state index contributed by atoms with van der Waals surface area (Å²) in [5, 5.41) is 3.37. The van der Waals surface area contributed by atoms with Crippen molar-refractivity contribution in [2.24, 2.45) is 0 Å². The molecule has 1 aromatic carbocycles. The zero-order chi connectivity index (χ0) is 14.6. The lowest BCUT2D eigenvalue weighted by Crippen LogP contribution is -2.35. The Morgan fingerprint density at radius 1 is 1.05 bits per heavy atom. The van der Waals surface area contributed by atoms with E-state index in [2.05, 4.69) is 36.1 Å². The predicted molar refractivity (Wildman–Crippen MR) is 79.9 cm³/mol. The van der Waals surface area contributed by atoms with Gasteiger partial charge in [0.1, 0.15) is 5.75 Å². The topological polar surface area (TPSA) is 47.0 Å². The van der Waals surface area contributed by atoms with Crippen molar-refractivity contribution in [2.45, 2.75) is 39.8 Å². The molecule has 0 bridgehead atoms. The predicted octanol–water partition coefficient (Wildman–Crippen LogP) is 3.47. The van der Waals surface area contributed by atoms with Gasteiger partial charge in [-0.1, -0.05) is 17.7 Å². The Balaban J connectivity index is 1.96. The molecule has 4 nitrogen and oxygen atoms in total. The van der Waals surface area contributed by atoms with Crippen LogP contribution in [-0.2, 0) is 6.54 Å². The summed E-state index contributed by atoms with van der Waals surface area (Å²) in [4.78, 5) is 8.62. The second-order valence-corrected chi connectivity index (χ2v) is 5.86. The van der Waals surface area contributed by atoms with Crippen molar-refractivity contribution in [1.82, 2.24) is 15.3 Å². The van der Waals surface area contributed by atoms with Gasteiger partial charge in [0.2, 0.25) is 5.88 Å². The standard InChI is InChI=1S/C16H21N3O/c1-12-5-7-14(8-6-12)20-15-11-17-13(9-18-15)10-19-16(2,3)4/h5-9,11,19H,10H2,1-4H3. The van der Waals surface area contributed by atoms with Crippen molar-refractivity contribution in [3.8, 4) is 11.6 Å². The third-order valence-corrected chi connectivity index (χ3v) is 2.72. The molecule has 0 spiro atoms. The third kappa shape index (κ3) is 4.63. The number of aromatic nitrogens is 2. The van der Waals surface area contributed by atoms with Gasteiger partial charge in [0.05, 0.1) is 18.1 Å². The summed E-state index contributed by atoms with van der Waals surface area (Å²) in [6.45, 7) is 9.10. The van der Waals surface area contributed by atoms with Gasteiger partial charge in [0, 0.05) is 12.1 Å². The molecule has 0 radical (unpaired) electrons. The van der Waals surface area contributed by atoms with Crippen molar-refractivity contribution in [1.29, 1.82) is 0 Å². The highest BCUT2D eigenvalue weighted by Crippen LogP contribution is 2.18. The number of nitrogens with zero attached hydrogens (tertiary/aromatic N) is 2. The van der Waals surface area contributed by atoms with E-state index >= 15 is 0 Å². The van der Waals surface area contributed by atoms with Crippen molar-refractivity contribution >= 4 is 0 Å². The molecule has 0 unspecified atom stereocenters. The van der Waals surface area contributed by atoms with Gasteiger partial charge in [-0.2, -0.15) is 0 Å². The smallest absolute Gasteiger partial charge is 0.237 e. The molecular weight excluding hydrogens is 250 g/mol. The van der Waals surface area contributed by atoms with E-state index in [-0.39, 0.29) is 5.54 Å². The van der Waals surface area contributed by atoms with Gasteiger partial charge >= 0.3 is 0 Å². The van der Waals surface area contributed by atoms with Crippen LogP contribution in [0.5, 0.6) is 11.6 Å². The highest BCUT2D eigenvalue weighted by atomic mass is 16.5. The molecule has 2 rings (SSSR count). The van der Waals surface area contributed by atoms with E-state index in [9.17, 15) is 0 Å². The lowest BCUT2D eigenvalue weighted by atomic mass is 10.1. The van der Waals surface area contributed by atoms with E-state index in [0.717, 1.165) is 11.4 Å². The molecule has 0 atom stereocenters. The SMILES string of the molecule is Cc1ccc(Oc2cnc(CNC(C)(C)C)cn2)cc1. The summed E-state index contributed by atoms with van der Waals surface area (Å²) in [6, 6.07) is 7.85. The average molecular weight is 271 g/mol. The highest BCUT2D eigenvalue weighted by molar-refractivity contribution is 5.29. The number of rotatable bonds is 4. The zero-order valence-electron chi connectivity index (χ0n) is 12.5. The van der Waals surface area contributed by atoms with Crippen LogP contribution in [0.3, 0.4) is 0 Å². The van der Waals surface area contributed by atoms with E-state index in [4.69, 9.17) is 4.74 Å². The third-order valence-electron chi connectivity index (χ3n) is 2.72. The van der Waals surface area contributed by atoms with Crippen LogP contribution in [0.2, 0.25) is 0 Å². The van der Waals surface area contributed by atoms with Crippen LogP contribution < -0.4 is 10.1 Å². The zero-order valence-corrected chi connectivity index (χ0v) is 12.5. The summed E-state index contributed by atoms with van der Waals surface area (Å²) in [5.41, 5.74) is 2.17. The van der Waals surface area contributed by atoms with Crippen molar-refractivity contribution in [2.75, 3.05) is 0 Å². The van der Waals surface area contributed by atoms with Crippen molar-refractivity contribution < 1.29 is 4.74 Å². The highest BCUT2D eigenvalue weighted by Gasteiger charge is 2.09. The summed E-state index contributed by atoms with van der Waals surface area (Å²) in [7, 11) is 0. The fraction of sp³-hybridized carbons (Fsp3) is 0.375. The Bertz CT molecular complexity index is 541.